The number of benzene rings is 1. The van der Waals surface area contributed by atoms with Gasteiger partial charge in [-0.25, -0.2) is 4.98 Å². The van der Waals surface area contributed by atoms with Crippen LogP contribution < -0.4 is 14.8 Å². The molecular formula is C19H21N3O3. The molecule has 6 nitrogen and oxygen atoms in total. The van der Waals surface area contributed by atoms with Crippen LogP contribution in [0.3, 0.4) is 0 Å². The molecule has 2 aromatic heterocycles. The van der Waals surface area contributed by atoms with Gasteiger partial charge in [-0.15, -0.1) is 0 Å². The second-order valence-electron chi connectivity index (χ2n) is 5.61. The van der Waals surface area contributed by atoms with E-state index >= 15 is 0 Å². The van der Waals surface area contributed by atoms with Gasteiger partial charge < -0.3 is 14.8 Å². The molecule has 0 saturated carbocycles. The van der Waals surface area contributed by atoms with Crippen molar-refractivity contribution in [3.05, 3.63) is 54.0 Å². The molecule has 6 heteroatoms. The van der Waals surface area contributed by atoms with Crippen molar-refractivity contribution in [2.45, 2.75) is 19.8 Å². The molecule has 2 heterocycles. The summed E-state index contributed by atoms with van der Waals surface area (Å²) in [6.07, 6.45) is 3.49. The predicted octanol–water partition coefficient (Wildman–Crippen LogP) is 3.56. The normalized spacial score (nSPS) is 10.7. The second kappa shape index (κ2) is 7.25. The molecule has 0 unspecified atom stereocenters. The average Bonchev–Trinajstić information content (AvgIpc) is 3.00. The van der Waals surface area contributed by atoms with Crippen LogP contribution in [-0.2, 0) is 6.42 Å². The van der Waals surface area contributed by atoms with E-state index < -0.39 is 0 Å². The molecule has 0 saturated heterocycles. The summed E-state index contributed by atoms with van der Waals surface area (Å²) in [5.74, 6) is 0.983. The standard InChI is InChI=1S/C19H21N3O3/c1-4-7-14-18(22-11-6-5-8-17(22)20-14)19(23)21-15-12-13(24-2)9-10-16(15)25-3/h5-6,8-12H,4,7H2,1-3H3,(H,21,23). The molecule has 0 spiro atoms. The SMILES string of the molecule is CCCc1nc2ccccn2c1C(=O)Nc1cc(OC)ccc1OC. The maximum Gasteiger partial charge on any atom is 0.274 e. The Kier molecular flexibility index (Phi) is 4.88. The van der Waals surface area contributed by atoms with Gasteiger partial charge in [-0.1, -0.05) is 19.4 Å². The number of imidazole rings is 1. The molecule has 25 heavy (non-hydrogen) atoms. The van der Waals surface area contributed by atoms with Crippen LogP contribution in [0.25, 0.3) is 5.65 Å². The van der Waals surface area contributed by atoms with E-state index in [1.807, 2.05) is 28.8 Å². The molecule has 0 aliphatic heterocycles. The minimum Gasteiger partial charge on any atom is -0.497 e. The third kappa shape index (κ3) is 3.28. The van der Waals surface area contributed by atoms with Crippen molar-refractivity contribution in [2.24, 2.45) is 0 Å². The number of fused-ring (bicyclic) bond motifs is 1. The van der Waals surface area contributed by atoms with E-state index in [0.717, 1.165) is 24.2 Å². The summed E-state index contributed by atoms with van der Waals surface area (Å²) >= 11 is 0. The zero-order valence-corrected chi connectivity index (χ0v) is 14.6. The summed E-state index contributed by atoms with van der Waals surface area (Å²) in [5, 5.41) is 2.92. The molecule has 0 aliphatic rings. The van der Waals surface area contributed by atoms with Gasteiger partial charge >= 0.3 is 0 Å². The van der Waals surface area contributed by atoms with E-state index in [2.05, 4.69) is 17.2 Å². The second-order valence-corrected chi connectivity index (χ2v) is 5.61. The van der Waals surface area contributed by atoms with Gasteiger partial charge in [-0.05, 0) is 30.7 Å². The van der Waals surface area contributed by atoms with Gasteiger partial charge in [0.15, 0.2) is 0 Å². The highest BCUT2D eigenvalue weighted by molar-refractivity contribution is 6.05. The number of aromatic nitrogens is 2. The molecule has 0 aliphatic carbocycles. The molecule has 0 bridgehead atoms. The number of hydrogen-bond donors (Lipinski definition) is 1. The lowest BCUT2D eigenvalue weighted by molar-refractivity contribution is 0.102. The minimum atomic E-state index is -0.228. The first kappa shape index (κ1) is 16.8. The zero-order valence-electron chi connectivity index (χ0n) is 14.6. The van der Waals surface area contributed by atoms with Crippen molar-refractivity contribution in [1.29, 1.82) is 0 Å². The Balaban J connectivity index is 2.02. The number of nitrogens with zero attached hydrogens (tertiary/aromatic N) is 2. The van der Waals surface area contributed by atoms with Crippen LogP contribution in [0.15, 0.2) is 42.6 Å². The van der Waals surface area contributed by atoms with Crippen LogP contribution in [0.5, 0.6) is 11.5 Å². The van der Waals surface area contributed by atoms with Crippen LogP contribution in [0.1, 0.15) is 29.5 Å². The van der Waals surface area contributed by atoms with Crippen LogP contribution in [-0.4, -0.2) is 29.5 Å². The molecule has 0 radical (unpaired) electrons. The van der Waals surface area contributed by atoms with Crippen molar-refractivity contribution in [1.82, 2.24) is 9.38 Å². The molecule has 0 fully saturated rings. The first-order chi connectivity index (χ1) is 12.2. The van der Waals surface area contributed by atoms with Crippen molar-refractivity contribution in [3.8, 4) is 11.5 Å². The van der Waals surface area contributed by atoms with Gasteiger partial charge in [0, 0.05) is 12.3 Å². The van der Waals surface area contributed by atoms with E-state index in [4.69, 9.17) is 9.47 Å². The number of pyridine rings is 1. The number of carbonyl (C=O) groups is 1. The van der Waals surface area contributed by atoms with Crippen LogP contribution in [0.4, 0.5) is 5.69 Å². The number of amides is 1. The fourth-order valence-corrected chi connectivity index (χ4v) is 2.79. The van der Waals surface area contributed by atoms with E-state index in [-0.39, 0.29) is 5.91 Å². The van der Waals surface area contributed by atoms with E-state index in [0.29, 0.717) is 22.9 Å². The van der Waals surface area contributed by atoms with E-state index in [1.54, 1.807) is 32.4 Å². The number of aryl methyl sites for hydroxylation is 1. The fraction of sp³-hybridized carbons (Fsp3) is 0.263. The van der Waals surface area contributed by atoms with Crippen LogP contribution in [0.2, 0.25) is 0 Å². The lowest BCUT2D eigenvalue weighted by atomic mass is 10.2. The molecule has 130 valence electrons. The van der Waals surface area contributed by atoms with Crippen LogP contribution >= 0.6 is 0 Å². The van der Waals surface area contributed by atoms with Crippen molar-refractivity contribution < 1.29 is 14.3 Å². The first-order valence-electron chi connectivity index (χ1n) is 8.17. The van der Waals surface area contributed by atoms with Gasteiger partial charge in [0.25, 0.3) is 5.91 Å². The maximum atomic E-state index is 13.0. The minimum absolute atomic E-state index is 0.228. The van der Waals surface area contributed by atoms with Crippen molar-refractivity contribution in [3.63, 3.8) is 0 Å². The fourth-order valence-electron chi connectivity index (χ4n) is 2.79. The predicted molar refractivity (Wildman–Crippen MR) is 96.7 cm³/mol. The number of carbonyl (C=O) groups excluding carboxylic acids is 1. The Bertz CT molecular complexity index is 902. The highest BCUT2D eigenvalue weighted by atomic mass is 16.5. The molecule has 0 atom stereocenters. The van der Waals surface area contributed by atoms with Gasteiger partial charge in [0.2, 0.25) is 0 Å². The first-order valence-corrected chi connectivity index (χ1v) is 8.17. The highest BCUT2D eigenvalue weighted by Gasteiger charge is 2.20. The third-order valence-electron chi connectivity index (χ3n) is 3.96. The summed E-state index contributed by atoms with van der Waals surface area (Å²) in [5.41, 5.74) is 2.64. The monoisotopic (exact) mass is 339 g/mol. The number of hydrogen-bond acceptors (Lipinski definition) is 4. The number of ether oxygens (including phenoxy) is 2. The quantitative estimate of drug-likeness (QED) is 0.746. The summed E-state index contributed by atoms with van der Waals surface area (Å²) in [7, 11) is 3.14. The van der Waals surface area contributed by atoms with E-state index in [1.165, 1.54) is 0 Å². The number of methoxy groups -OCH3 is 2. The number of anilines is 1. The van der Waals surface area contributed by atoms with Crippen molar-refractivity contribution >= 4 is 17.2 Å². The summed E-state index contributed by atoms with van der Waals surface area (Å²) < 4.78 is 12.4. The molecule has 1 amide bonds. The molecule has 1 N–H and O–H groups in total. The van der Waals surface area contributed by atoms with E-state index in [9.17, 15) is 4.79 Å². The summed E-state index contributed by atoms with van der Waals surface area (Å²) in [6.45, 7) is 2.07. The Hall–Kier alpha value is -3.02. The van der Waals surface area contributed by atoms with Crippen LogP contribution in [0, 0.1) is 0 Å². The number of rotatable bonds is 6. The molecular weight excluding hydrogens is 318 g/mol. The third-order valence-corrected chi connectivity index (χ3v) is 3.96. The van der Waals surface area contributed by atoms with Gasteiger partial charge in [-0.2, -0.15) is 0 Å². The smallest absolute Gasteiger partial charge is 0.274 e. The van der Waals surface area contributed by atoms with Crippen molar-refractivity contribution in [2.75, 3.05) is 19.5 Å². The average molecular weight is 339 g/mol. The Morgan fingerprint density at radius 3 is 2.76 bits per heavy atom. The van der Waals surface area contributed by atoms with Gasteiger partial charge in [0.05, 0.1) is 25.6 Å². The Morgan fingerprint density at radius 2 is 2.04 bits per heavy atom. The Labute approximate surface area is 146 Å². The van der Waals surface area contributed by atoms with Gasteiger partial charge in [0.1, 0.15) is 22.8 Å². The zero-order chi connectivity index (χ0) is 17.8. The lowest BCUT2D eigenvalue weighted by Crippen LogP contribution is -2.17. The highest BCUT2D eigenvalue weighted by Crippen LogP contribution is 2.29. The molecule has 3 aromatic rings. The summed E-state index contributed by atoms with van der Waals surface area (Å²) in [6, 6.07) is 11.0. The number of nitrogens with one attached hydrogen (secondary N) is 1. The molecule has 1 aromatic carbocycles. The Morgan fingerprint density at radius 1 is 1.20 bits per heavy atom. The lowest BCUT2D eigenvalue weighted by Gasteiger charge is -2.12. The maximum absolute atomic E-state index is 13.0. The largest absolute Gasteiger partial charge is 0.497 e. The van der Waals surface area contributed by atoms with Gasteiger partial charge in [-0.3, -0.25) is 9.20 Å². The summed E-state index contributed by atoms with van der Waals surface area (Å²) in [4.78, 5) is 17.6. The molecule has 3 rings (SSSR count). The topological polar surface area (TPSA) is 64.9 Å².